The number of hydrogen-bond donors (Lipinski definition) is 0. The summed E-state index contributed by atoms with van der Waals surface area (Å²) in [6.45, 7) is -0.204. The molecule has 0 saturated carbocycles. The van der Waals surface area contributed by atoms with Crippen LogP contribution in [0.4, 0.5) is 10.1 Å². The minimum Gasteiger partial charge on any atom is -0.477 e. The van der Waals surface area contributed by atoms with Crippen LogP contribution in [0.3, 0.4) is 0 Å². The minimum atomic E-state index is -0.655. The van der Waals surface area contributed by atoms with Crippen LogP contribution in [0, 0.1) is 15.9 Å². The Balaban J connectivity index is 1.76. The first-order valence-electron chi connectivity index (χ1n) is 6.58. The highest BCUT2D eigenvalue weighted by atomic mass is 19.1. The highest BCUT2D eigenvalue weighted by Gasteiger charge is 2.17. The van der Waals surface area contributed by atoms with Gasteiger partial charge in [0.15, 0.2) is 6.61 Å². The molecule has 1 aromatic heterocycles. The van der Waals surface area contributed by atoms with Crippen molar-refractivity contribution >= 4 is 5.69 Å². The third-order valence-electron chi connectivity index (χ3n) is 2.97. The topological polar surface area (TPSA) is 91.3 Å². The van der Waals surface area contributed by atoms with Gasteiger partial charge in [0, 0.05) is 17.7 Å². The third-order valence-corrected chi connectivity index (χ3v) is 2.97. The van der Waals surface area contributed by atoms with Crippen LogP contribution in [0.15, 0.2) is 53.1 Å². The molecule has 0 amide bonds. The third kappa shape index (κ3) is 3.31. The minimum absolute atomic E-state index is 0.127. The molecule has 0 atom stereocenters. The number of nitro groups is 1. The van der Waals surface area contributed by atoms with Crippen LogP contribution in [0.25, 0.3) is 11.4 Å². The number of nitro benzene ring substituents is 1. The van der Waals surface area contributed by atoms with Crippen molar-refractivity contribution in [3.63, 3.8) is 0 Å². The fourth-order valence-corrected chi connectivity index (χ4v) is 1.91. The molecule has 0 fully saturated rings. The van der Waals surface area contributed by atoms with Gasteiger partial charge >= 0.3 is 5.69 Å². The molecular weight excluding hydrogens is 305 g/mol. The van der Waals surface area contributed by atoms with Gasteiger partial charge in [-0.25, -0.2) is 4.39 Å². The number of halogens is 1. The van der Waals surface area contributed by atoms with Crippen LogP contribution in [-0.4, -0.2) is 15.1 Å². The van der Waals surface area contributed by atoms with Crippen LogP contribution >= 0.6 is 0 Å². The Kier molecular flexibility index (Phi) is 3.96. The summed E-state index contributed by atoms with van der Waals surface area (Å²) in [5.41, 5.74) is 0.424. The van der Waals surface area contributed by atoms with Gasteiger partial charge in [-0.15, -0.1) is 0 Å². The SMILES string of the molecule is O=[N+]([O-])c1ccc(F)cc1OCc1nc(-c2ccccc2)no1. The Labute approximate surface area is 129 Å². The Morgan fingerprint density at radius 3 is 2.74 bits per heavy atom. The van der Waals surface area contributed by atoms with Crippen LogP contribution in [0.2, 0.25) is 0 Å². The maximum Gasteiger partial charge on any atom is 0.311 e. The van der Waals surface area contributed by atoms with Crippen LogP contribution < -0.4 is 4.74 Å². The fraction of sp³-hybridized carbons (Fsp3) is 0.0667. The van der Waals surface area contributed by atoms with E-state index >= 15 is 0 Å². The lowest BCUT2D eigenvalue weighted by Gasteiger charge is -2.03. The summed E-state index contributed by atoms with van der Waals surface area (Å²) in [6, 6.07) is 12.1. The Hall–Kier alpha value is -3.29. The van der Waals surface area contributed by atoms with Crippen molar-refractivity contribution in [1.29, 1.82) is 0 Å². The number of rotatable bonds is 5. The highest BCUT2D eigenvalue weighted by Crippen LogP contribution is 2.28. The Morgan fingerprint density at radius 2 is 2.00 bits per heavy atom. The van der Waals surface area contributed by atoms with Gasteiger partial charge in [-0.3, -0.25) is 10.1 Å². The normalized spacial score (nSPS) is 10.5. The molecule has 0 bridgehead atoms. The van der Waals surface area contributed by atoms with E-state index in [2.05, 4.69) is 10.1 Å². The van der Waals surface area contributed by atoms with Gasteiger partial charge < -0.3 is 9.26 Å². The molecule has 23 heavy (non-hydrogen) atoms. The summed E-state index contributed by atoms with van der Waals surface area (Å²) in [7, 11) is 0. The summed E-state index contributed by atoms with van der Waals surface area (Å²) >= 11 is 0. The monoisotopic (exact) mass is 315 g/mol. The second kappa shape index (κ2) is 6.22. The highest BCUT2D eigenvalue weighted by molar-refractivity contribution is 5.53. The lowest BCUT2D eigenvalue weighted by molar-refractivity contribution is -0.386. The Bertz CT molecular complexity index is 836. The molecule has 0 unspecified atom stereocenters. The van der Waals surface area contributed by atoms with Gasteiger partial charge in [-0.1, -0.05) is 35.5 Å². The summed E-state index contributed by atoms with van der Waals surface area (Å²) in [4.78, 5) is 14.4. The van der Waals surface area contributed by atoms with Crippen molar-refractivity contribution in [2.45, 2.75) is 6.61 Å². The van der Waals surface area contributed by atoms with E-state index in [1.165, 1.54) is 0 Å². The van der Waals surface area contributed by atoms with Gasteiger partial charge in [0.05, 0.1) is 4.92 Å². The molecule has 1 heterocycles. The van der Waals surface area contributed by atoms with Crippen LogP contribution in [-0.2, 0) is 6.61 Å². The maximum absolute atomic E-state index is 13.2. The van der Waals surface area contributed by atoms with Gasteiger partial charge in [0.1, 0.15) is 5.82 Å². The van der Waals surface area contributed by atoms with E-state index in [4.69, 9.17) is 9.26 Å². The average Bonchev–Trinajstić information content (AvgIpc) is 3.02. The van der Waals surface area contributed by atoms with E-state index in [1.807, 2.05) is 30.3 Å². The summed E-state index contributed by atoms with van der Waals surface area (Å²) in [5.74, 6) is -0.337. The van der Waals surface area contributed by atoms with E-state index in [0.717, 1.165) is 23.8 Å². The van der Waals surface area contributed by atoms with Crippen LogP contribution in [0.1, 0.15) is 5.89 Å². The van der Waals surface area contributed by atoms with E-state index in [1.54, 1.807) is 0 Å². The predicted octanol–water partition coefficient (Wildman–Crippen LogP) is 3.36. The first kappa shape index (κ1) is 14.6. The van der Waals surface area contributed by atoms with E-state index in [-0.39, 0.29) is 23.9 Å². The van der Waals surface area contributed by atoms with Crippen molar-refractivity contribution < 1.29 is 18.6 Å². The van der Waals surface area contributed by atoms with Crippen molar-refractivity contribution in [3.05, 3.63) is 70.4 Å². The van der Waals surface area contributed by atoms with Gasteiger partial charge in [0.25, 0.3) is 5.89 Å². The first-order chi connectivity index (χ1) is 11.1. The van der Waals surface area contributed by atoms with Gasteiger partial charge in [-0.05, 0) is 6.07 Å². The van der Waals surface area contributed by atoms with E-state index < -0.39 is 10.7 Å². The first-order valence-corrected chi connectivity index (χ1v) is 6.58. The summed E-state index contributed by atoms with van der Waals surface area (Å²) < 4.78 is 23.5. The lowest BCUT2D eigenvalue weighted by Crippen LogP contribution is -2.00. The molecule has 0 aliphatic carbocycles. The number of hydrogen-bond acceptors (Lipinski definition) is 6. The number of aromatic nitrogens is 2. The number of nitrogens with zero attached hydrogens (tertiary/aromatic N) is 3. The van der Waals surface area contributed by atoms with Crippen molar-refractivity contribution in [2.75, 3.05) is 0 Å². The molecule has 0 spiro atoms. The molecule has 8 heteroatoms. The van der Waals surface area contributed by atoms with Gasteiger partial charge in [0.2, 0.25) is 11.6 Å². The zero-order valence-corrected chi connectivity index (χ0v) is 11.7. The van der Waals surface area contributed by atoms with Crippen LogP contribution in [0.5, 0.6) is 5.75 Å². The van der Waals surface area contributed by atoms with Crippen molar-refractivity contribution in [1.82, 2.24) is 10.1 Å². The second-order valence-corrected chi connectivity index (χ2v) is 4.54. The maximum atomic E-state index is 13.2. The molecular formula is C15H10FN3O4. The van der Waals surface area contributed by atoms with E-state index in [0.29, 0.717) is 5.82 Å². The number of benzene rings is 2. The molecule has 0 saturated heterocycles. The lowest BCUT2D eigenvalue weighted by atomic mass is 10.2. The standard InChI is InChI=1S/C15H10FN3O4/c16-11-6-7-12(19(20)21)13(8-11)22-9-14-17-15(18-23-14)10-4-2-1-3-5-10/h1-8H,9H2. The van der Waals surface area contributed by atoms with Gasteiger partial charge in [-0.2, -0.15) is 4.98 Å². The molecule has 2 aromatic carbocycles. The van der Waals surface area contributed by atoms with Crippen molar-refractivity contribution in [2.24, 2.45) is 0 Å². The predicted molar refractivity (Wildman–Crippen MR) is 77.1 cm³/mol. The summed E-state index contributed by atoms with van der Waals surface area (Å²) in [5, 5.41) is 14.7. The summed E-state index contributed by atoms with van der Waals surface area (Å²) in [6.07, 6.45) is 0. The van der Waals surface area contributed by atoms with E-state index in [9.17, 15) is 14.5 Å². The second-order valence-electron chi connectivity index (χ2n) is 4.54. The largest absolute Gasteiger partial charge is 0.477 e. The van der Waals surface area contributed by atoms with Crippen molar-refractivity contribution in [3.8, 4) is 17.1 Å². The molecule has 116 valence electrons. The molecule has 0 aliphatic rings. The molecule has 0 aliphatic heterocycles. The fourth-order valence-electron chi connectivity index (χ4n) is 1.91. The number of ether oxygens (including phenoxy) is 1. The molecule has 0 N–H and O–H groups in total. The zero-order valence-electron chi connectivity index (χ0n) is 11.7. The molecule has 0 radical (unpaired) electrons. The Morgan fingerprint density at radius 1 is 1.22 bits per heavy atom. The molecule has 7 nitrogen and oxygen atoms in total. The molecule has 3 aromatic rings. The molecule has 3 rings (SSSR count). The smallest absolute Gasteiger partial charge is 0.311 e. The quantitative estimate of drug-likeness (QED) is 0.529. The average molecular weight is 315 g/mol. The zero-order chi connectivity index (χ0) is 16.2.